The Morgan fingerprint density at radius 2 is 2.22 bits per heavy atom. The number of aryl methyl sites for hydroxylation is 2. The van der Waals surface area contributed by atoms with Crippen molar-refractivity contribution in [3.05, 3.63) is 28.5 Å². The molecule has 1 unspecified atom stereocenters. The van der Waals surface area contributed by atoms with E-state index < -0.39 is 0 Å². The Bertz CT molecular complexity index is 411. The quantitative estimate of drug-likeness (QED) is 0.618. The monoisotopic (exact) mass is 313 g/mol. The second kappa shape index (κ2) is 6.53. The zero-order valence-electron chi connectivity index (χ0n) is 11.9. The summed E-state index contributed by atoms with van der Waals surface area (Å²) in [6.07, 6.45) is 4.14. The number of nitrogens with zero attached hydrogens (tertiary/aromatic N) is 2. The van der Waals surface area contributed by atoms with Crippen LogP contribution in [0.15, 0.2) is 17.1 Å². The molecule has 1 rings (SSSR count). The predicted molar refractivity (Wildman–Crippen MR) is 80.8 cm³/mol. The van der Waals surface area contributed by atoms with Gasteiger partial charge in [-0.25, -0.2) is 0 Å². The maximum atomic E-state index is 4.44. The molecule has 4 heteroatoms. The lowest BCUT2D eigenvalue weighted by molar-refractivity contribution is 0.381. The molecule has 0 aliphatic heterocycles. The molecule has 1 atom stereocenters. The maximum absolute atomic E-state index is 4.44. The Hall–Kier alpha value is -0.610. The van der Waals surface area contributed by atoms with Gasteiger partial charge in [-0.2, -0.15) is 5.10 Å². The number of hydrogen-bond donors (Lipinski definition) is 1. The molecule has 0 radical (unpaired) electrons. The fourth-order valence-corrected chi connectivity index (χ4v) is 2.49. The van der Waals surface area contributed by atoms with E-state index in [1.54, 1.807) is 0 Å². The highest BCUT2D eigenvalue weighted by atomic mass is 79.9. The third-order valence-electron chi connectivity index (χ3n) is 3.28. The zero-order valence-corrected chi connectivity index (χ0v) is 13.5. The summed E-state index contributed by atoms with van der Waals surface area (Å²) in [6.45, 7) is 12.4. The van der Waals surface area contributed by atoms with Gasteiger partial charge in [0.2, 0.25) is 0 Å². The fourth-order valence-electron chi connectivity index (χ4n) is 2.01. The summed E-state index contributed by atoms with van der Waals surface area (Å²) in [5, 5.41) is 7.92. The number of aromatic nitrogens is 2. The molecule has 1 aromatic heterocycles. The van der Waals surface area contributed by atoms with Gasteiger partial charge in [-0.3, -0.25) is 4.68 Å². The van der Waals surface area contributed by atoms with Crippen molar-refractivity contribution >= 4 is 15.9 Å². The van der Waals surface area contributed by atoms with Crippen LogP contribution in [0.3, 0.4) is 0 Å². The highest BCUT2D eigenvalue weighted by Gasteiger charge is 2.24. The van der Waals surface area contributed by atoms with E-state index in [1.165, 1.54) is 5.69 Å². The smallest absolute Gasteiger partial charge is 0.0738 e. The van der Waals surface area contributed by atoms with Crippen LogP contribution in [0.2, 0.25) is 0 Å². The van der Waals surface area contributed by atoms with Crippen LogP contribution in [0, 0.1) is 12.3 Å². The van der Waals surface area contributed by atoms with Crippen LogP contribution in [-0.2, 0) is 13.5 Å². The minimum absolute atomic E-state index is 0.0535. The lowest BCUT2D eigenvalue weighted by Crippen LogP contribution is -2.33. The van der Waals surface area contributed by atoms with Gasteiger partial charge in [0.15, 0.2) is 0 Å². The van der Waals surface area contributed by atoms with Crippen molar-refractivity contribution in [3.63, 3.8) is 0 Å². The highest BCUT2D eigenvalue weighted by molar-refractivity contribution is 9.10. The van der Waals surface area contributed by atoms with Gasteiger partial charge in [-0.05, 0) is 35.8 Å². The molecular weight excluding hydrogens is 290 g/mol. The van der Waals surface area contributed by atoms with Gasteiger partial charge in [0.25, 0.3) is 0 Å². The number of hydrogen-bond acceptors (Lipinski definition) is 2. The molecule has 0 bridgehead atoms. The first-order chi connectivity index (χ1) is 8.43. The first kappa shape index (κ1) is 15.4. The molecule has 0 saturated heterocycles. The van der Waals surface area contributed by atoms with Crippen LogP contribution in [0.4, 0.5) is 0 Å². The minimum Gasteiger partial charge on any atom is -0.316 e. The van der Waals surface area contributed by atoms with Crippen LogP contribution < -0.4 is 5.32 Å². The van der Waals surface area contributed by atoms with E-state index in [2.05, 4.69) is 46.8 Å². The number of halogens is 1. The third-order valence-corrected chi connectivity index (χ3v) is 4.31. The second-order valence-corrected chi connectivity index (χ2v) is 5.97. The Kier molecular flexibility index (Phi) is 5.60. The topological polar surface area (TPSA) is 29.9 Å². The third kappa shape index (κ3) is 3.69. The standard InChI is InChI=1S/C14H24BrN3/c1-6-8-16-10-14(4,7-2)9-12-13(15)11(3)17-18(12)5/h7,16H,2,6,8-10H2,1,3-5H3. The molecule has 1 aromatic rings. The number of rotatable bonds is 7. The van der Waals surface area contributed by atoms with Gasteiger partial charge in [-0.1, -0.05) is 19.9 Å². The summed E-state index contributed by atoms with van der Waals surface area (Å²) >= 11 is 3.63. The Morgan fingerprint density at radius 1 is 1.56 bits per heavy atom. The van der Waals surface area contributed by atoms with Gasteiger partial charge in [0, 0.05) is 25.4 Å². The molecule has 1 heterocycles. The van der Waals surface area contributed by atoms with Crippen molar-refractivity contribution < 1.29 is 0 Å². The molecule has 0 aliphatic rings. The Balaban J connectivity index is 2.81. The van der Waals surface area contributed by atoms with Crippen LogP contribution in [0.5, 0.6) is 0 Å². The van der Waals surface area contributed by atoms with Crippen molar-refractivity contribution in [3.8, 4) is 0 Å². The van der Waals surface area contributed by atoms with Gasteiger partial charge in [0.1, 0.15) is 0 Å². The lowest BCUT2D eigenvalue weighted by Gasteiger charge is -2.26. The van der Waals surface area contributed by atoms with Crippen LogP contribution in [-0.4, -0.2) is 22.9 Å². The minimum atomic E-state index is 0.0535. The SMILES string of the molecule is C=CC(C)(CNCCC)Cc1c(Br)c(C)nn1C. The Labute approximate surface area is 119 Å². The summed E-state index contributed by atoms with van der Waals surface area (Å²) in [5.41, 5.74) is 2.33. The van der Waals surface area contributed by atoms with Crippen LogP contribution >= 0.6 is 15.9 Å². The first-order valence-electron chi connectivity index (χ1n) is 6.46. The van der Waals surface area contributed by atoms with E-state index in [9.17, 15) is 0 Å². The van der Waals surface area contributed by atoms with Crippen LogP contribution in [0.1, 0.15) is 31.7 Å². The molecule has 1 N–H and O–H groups in total. The van der Waals surface area contributed by atoms with Gasteiger partial charge in [0.05, 0.1) is 15.9 Å². The van der Waals surface area contributed by atoms with Crippen molar-refractivity contribution in [2.45, 2.75) is 33.6 Å². The molecule has 18 heavy (non-hydrogen) atoms. The normalized spacial score (nSPS) is 14.5. The van der Waals surface area contributed by atoms with Crippen molar-refractivity contribution in [2.75, 3.05) is 13.1 Å². The summed E-state index contributed by atoms with van der Waals surface area (Å²) in [7, 11) is 2.00. The molecule has 3 nitrogen and oxygen atoms in total. The average Bonchev–Trinajstić information content (AvgIpc) is 2.56. The summed E-state index contributed by atoms with van der Waals surface area (Å²) in [5.74, 6) is 0. The molecule has 0 fully saturated rings. The van der Waals surface area contributed by atoms with E-state index >= 15 is 0 Å². The molecule has 0 aliphatic carbocycles. The van der Waals surface area contributed by atoms with E-state index in [1.807, 2.05) is 24.7 Å². The first-order valence-corrected chi connectivity index (χ1v) is 7.25. The van der Waals surface area contributed by atoms with E-state index in [-0.39, 0.29) is 5.41 Å². The predicted octanol–water partition coefficient (Wildman–Crippen LogP) is 3.23. The Morgan fingerprint density at radius 3 is 2.67 bits per heavy atom. The molecule has 0 aromatic carbocycles. The van der Waals surface area contributed by atoms with E-state index in [0.717, 1.165) is 36.1 Å². The fraction of sp³-hybridized carbons (Fsp3) is 0.643. The summed E-state index contributed by atoms with van der Waals surface area (Å²) < 4.78 is 3.08. The highest BCUT2D eigenvalue weighted by Crippen LogP contribution is 2.29. The molecule has 0 saturated carbocycles. The van der Waals surface area contributed by atoms with Crippen LogP contribution in [0.25, 0.3) is 0 Å². The van der Waals surface area contributed by atoms with Gasteiger partial charge >= 0.3 is 0 Å². The van der Waals surface area contributed by atoms with E-state index in [4.69, 9.17) is 0 Å². The largest absolute Gasteiger partial charge is 0.316 e. The number of nitrogens with one attached hydrogen (secondary N) is 1. The summed E-state index contributed by atoms with van der Waals surface area (Å²) in [4.78, 5) is 0. The van der Waals surface area contributed by atoms with Crippen molar-refractivity contribution in [2.24, 2.45) is 12.5 Å². The van der Waals surface area contributed by atoms with Gasteiger partial charge < -0.3 is 5.32 Å². The molecule has 0 spiro atoms. The molecular formula is C14H24BrN3. The molecule has 0 amide bonds. The summed E-state index contributed by atoms with van der Waals surface area (Å²) in [6, 6.07) is 0. The lowest BCUT2D eigenvalue weighted by atomic mass is 9.85. The van der Waals surface area contributed by atoms with E-state index in [0.29, 0.717) is 0 Å². The van der Waals surface area contributed by atoms with Crippen molar-refractivity contribution in [1.29, 1.82) is 0 Å². The van der Waals surface area contributed by atoms with Crippen molar-refractivity contribution in [1.82, 2.24) is 15.1 Å². The average molecular weight is 314 g/mol. The maximum Gasteiger partial charge on any atom is 0.0738 e. The second-order valence-electron chi connectivity index (χ2n) is 5.18. The zero-order chi connectivity index (χ0) is 13.8. The van der Waals surface area contributed by atoms with Gasteiger partial charge in [-0.15, -0.1) is 6.58 Å². The molecule has 102 valence electrons.